The summed E-state index contributed by atoms with van der Waals surface area (Å²) in [6, 6.07) is 25.4. The molecule has 0 saturated heterocycles. The first kappa shape index (κ1) is 21.8. The van der Waals surface area contributed by atoms with Crippen LogP contribution in [0.15, 0.2) is 83.4 Å². The monoisotopic (exact) mass is 454 g/mol. The van der Waals surface area contributed by atoms with Gasteiger partial charge in [-0.1, -0.05) is 47.6 Å². The maximum absolute atomic E-state index is 12.5. The Bertz CT molecular complexity index is 1260. The highest BCUT2D eigenvalue weighted by atomic mass is 16.6. The second kappa shape index (κ2) is 9.43. The lowest BCUT2D eigenvalue weighted by atomic mass is 10.1. The molecule has 1 amide bonds. The molecule has 1 heterocycles. The Morgan fingerprint density at radius 3 is 2.26 bits per heavy atom. The Kier molecular flexibility index (Phi) is 6.04. The van der Waals surface area contributed by atoms with Gasteiger partial charge in [-0.05, 0) is 80.1 Å². The predicted octanol–water partition coefficient (Wildman–Crippen LogP) is 7.63. The fourth-order valence-corrected chi connectivity index (χ4v) is 3.84. The van der Waals surface area contributed by atoms with Gasteiger partial charge in [-0.3, -0.25) is 5.32 Å². The van der Waals surface area contributed by atoms with Gasteiger partial charge in [-0.2, -0.15) is 0 Å². The molecule has 0 bridgehead atoms. The number of nitrogens with zero attached hydrogens (tertiary/aromatic N) is 1. The van der Waals surface area contributed by atoms with Crippen LogP contribution >= 0.6 is 0 Å². The lowest BCUT2D eigenvalue weighted by Crippen LogP contribution is -2.16. The number of amides is 1. The highest BCUT2D eigenvalue weighted by Crippen LogP contribution is 2.40. The second-order valence-electron chi connectivity index (χ2n) is 8.52. The molecule has 1 saturated carbocycles. The van der Waals surface area contributed by atoms with Crippen molar-refractivity contribution in [2.75, 3.05) is 5.32 Å². The molecule has 1 fully saturated rings. The molecule has 1 aliphatic rings. The third kappa shape index (κ3) is 4.96. The van der Waals surface area contributed by atoms with Crippen molar-refractivity contribution >= 4 is 11.8 Å². The summed E-state index contributed by atoms with van der Waals surface area (Å²) in [6.07, 6.45) is 1.60. The first-order chi connectivity index (χ1) is 16.6. The van der Waals surface area contributed by atoms with E-state index in [4.69, 9.17) is 14.0 Å². The van der Waals surface area contributed by atoms with E-state index in [1.807, 2.05) is 73.7 Å². The van der Waals surface area contributed by atoms with E-state index in [0.717, 1.165) is 22.8 Å². The standard InChI is InChI=1S/C28H26N2O4/c1-18(20-6-4-3-5-7-20)32-28(31)29-26-19(2)34-30-27(26)23-12-16-25(17-13-23)33-24-14-10-22(11-15-24)21-8-9-21/h3-7,10-18,21H,8-9H2,1-2H3,(H,29,31). The largest absolute Gasteiger partial charge is 0.457 e. The Labute approximate surface area is 198 Å². The number of rotatable bonds is 7. The number of hydrogen-bond acceptors (Lipinski definition) is 5. The zero-order valence-electron chi connectivity index (χ0n) is 19.2. The SMILES string of the molecule is Cc1onc(-c2ccc(Oc3ccc(C4CC4)cc3)cc2)c1NC(=O)OC(C)c1ccccc1. The van der Waals surface area contributed by atoms with Crippen molar-refractivity contribution in [3.8, 4) is 22.8 Å². The van der Waals surface area contributed by atoms with Crippen molar-refractivity contribution in [1.82, 2.24) is 5.16 Å². The van der Waals surface area contributed by atoms with Crippen LogP contribution in [-0.4, -0.2) is 11.2 Å². The van der Waals surface area contributed by atoms with Gasteiger partial charge in [0, 0.05) is 5.56 Å². The fourth-order valence-electron chi connectivity index (χ4n) is 3.84. The Morgan fingerprint density at radius 2 is 1.62 bits per heavy atom. The van der Waals surface area contributed by atoms with Gasteiger partial charge in [0.05, 0.1) is 0 Å². The molecule has 34 heavy (non-hydrogen) atoms. The summed E-state index contributed by atoms with van der Waals surface area (Å²) in [5.74, 6) is 2.73. The normalized spacial score (nSPS) is 13.8. The number of ether oxygens (including phenoxy) is 2. The van der Waals surface area contributed by atoms with Crippen molar-refractivity contribution in [3.05, 3.63) is 95.7 Å². The number of hydrogen-bond donors (Lipinski definition) is 1. The molecule has 1 N–H and O–H groups in total. The van der Waals surface area contributed by atoms with Crippen LogP contribution in [0, 0.1) is 6.92 Å². The molecular formula is C28H26N2O4. The van der Waals surface area contributed by atoms with Crippen LogP contribution in [0.1, 0.15) is 48.7 Å². The van der Waals surface area contributed by atoms with Crippen molar-refractivity contribution in [2.24, 2.45) is 0 Å². The van der Waals surface area contributed by atoms with E-state index in [0.29, 0.717) is 22.9 Å². The third-order valence-corrected chi connectivity index (χ3v) is 5.93. The molecular weight excluding hydrogens is 428 g/mol. The van der Waals surface area contributed by atoms with E-state index in [2.05, 4.69) is 22.6 Å². The Hall–Kier alpha value is -4.06. The van der Waals surface area contributed by atoms with Gasteiger partial charge >= 0.3 is 6.09 Å². The van der Waals surface area contributed by atoms with Gasteiger partial charge in [0.2, 0.25) is 0 Å². The lowest BCUT2D eigenvalue weighted by molar-refractivity contribution is 0.121. The zero-order valence-corrected chi connectivity index (χ0v) is 19.2. The van der Waals surface area contributed by atoms with Gasteiger partial charge in [-0.25, -0.2) is 4.79 Å². The van der Waals surface area contributed by atoms with Crippen LogP contribution in [0.3, 0.4) is 0 Å². The van der Waals surface area contributed by atoms with Crippen LogP contribution in [0.5, 0.6) is 11.5 Å². The second-order valence-corrected chi connectivity index (χ2v) is 8.52. The predicted molar refractivity (Wildman–Crippen MR) is 130 cm³/mol. The van der Waals surface area contributed by atoms with Crippen LogP contribution in [0.4, 0.5) is 10.5 Å². The molecule has 0 radical (unpaired) electrons. The minimum Gasteiger partial charge on any atom is -0.457 e. The Balaban J connectivity index is 1.25. The summed E-state index contributed by atoms with van der Waals surface area (Å²) in [5.41, 5.74) is 4.09. The highest BCUT2D eigenvalue weighted by molar-refractivity contribution is 5.91. The van der Waals surface area contributed by atoms with Crippen molar-refractivity contribution in [3.63, 3.8) is 0 Å². The van der Waals surface area contributed by atoms with Gasteiger partial charge < -0.3 is 14.0 Å². The molecule has 6 nitrogen and oxygen atoms in total. The summed E-state index contributed by atoms with van der Waals surface area (Å²) in [5, 5.41) is 6.92. The van der Waals surface area contributed by atoms with Crippen molar-refractivity contribution < 1.29 is 18.8 Å². The number of benzene rings is 3. The number of aryl methyl sites for hydroxylation is 1. The van der Waals surface area contributed by atoms with E-state index in [9.17, 15) is 4.79 Å². The first-order valence-corrected chi connectivity index (χ1v) is 11.4. The number of carbonyl (C=O) groups excluding carboxylic acids is 1. The van der Waals surface area contributed by atoms with E-state index in [-0.39, 0.29) is 6.10 Å². The minimum atomic E-state index is -0.571. The average Bonchev–Trinajstić information content (AvgIpc) is 3.65. The van der Waals surface area contributed by atoms with Gasteiger partial charge in [-0.15, -0.1) is 0 Å². The molecule has 6 heteroatoms. The molecule has 3 aromatic carbocycles. The molecule has 4 aromatic rings. The van der Waals surface area contributed by atoms with E-state index in [1.54, 1.807) is 6.92 Å². The number of carbonyl (C=O) groups is 1. The van der Waals surface area contributed by atoms with E-state index >= 15 is 0 Å². The fraction of sp³-hybridized carbons (Fsp3) is 0.214. The summed E-state index contributed by atoms with van der Waals surface area (Å²) in [7, 11) is 0. The maximum Gasteiger partial charge on any atom is 0.412 e. The van der Waals surface area contributed by atoms with E-state index in [1.165, 1.54) is 18.4 Å². The molecule has 1 unspecified atom stereocenters. The summed E-state index contributed by atoms with van der Waals surface area (Å²) in [6.45, 7) is 3.57. The minimum absolute atomic E-state index is 0.389. The first-order valence-electron chi connectivity index (χ1n) is 11.4. The van der Waals surface area contributed by atoms with Gasteiger partial charge in [0.1, 0.15) is 29.0 Å². The molecule has 1 aromatic heterocycles. The zero-order chi connectivity index (χ0) is 23.5. The van der Waals surface area contributed by atoms with Gasteiger partial charge in [0.15, 0.2) is 5.76 Å². The van der Waals surface area contributed by atoms with Crippen LogP contribution in [-0.2, 0) is 4.74 Å². The summed E-state index contributed by atoms with van der Waals surface area (Å²) < 4.78 is 16.9. The number of nitrogens with one attached hydrogen (secondary N) is 1. The smallest absolute Gasteiger partial charge is 0.412 e. The lowest BCUT2D eigenvalue weighted by Gasteiger charge is -2.14. The number of anilines is 1. The highest BCUT2D eigenvalue weighted by Gasteiger charge is 2.23. The number of aromatic nitrogens is 1. The molecule has 1 atom stereocenters. The molecule has 1 aliphatic carbocycles. The third-order valence-electron chi connectivity index (χ3n) is 5.93. The van der Waals surface area contributed by atoms with Gasteiger partial charge in [0.25, 0.3) is 0 Å². The van der Waals surface area contributed by atoms with Crippen LogP contribution in [0.2, 0.25) is 0 Å². The van der Waals surface area contributed by atoms with Crippen LogP contribution < -0.4 is 10.1 Å². The topological polar surface area (TPSA) is 73.6 Å². The van der Waals surface area contributed by atoms with Crippen molar-refractivity contribution in [1.29, 1.82) is 0 Å². The van der Waals surface area contributed by atoms with E-state index < -0.39 is 6.09 Å². The molecule has 5 rings (SSSR count). The van der Waals surface area contributed by atoms with Crippen LogP contribution in [0.25, 0.3) is 11.3 Å². The average molecular weight is 455 g/mol. The maximum atomic E-state index is 12.5. The van der Waals surface area contributed by atoms with Crippen molar-refractivity contribution in [2.45, 2.75) is 38.7 Å². The summed E-state index contributed by atoms with van der Waals surface area (Å²) >= 11 is 0. The molecule has 172 valence electrons. The quantitative estimate of drug-likeness (QED) is 0.311. The summed E-state index contributed by atoms with van der Waals surface area (Å²) in [4.78, 5) is 12.5. The Morgan fingerprint density at radius 1 is 0.971 bits per heavy atom. The molecule has 0 aliphatic heterocycles. The molecule has 0 spiro atoms.